The van der Waals surface area contributed by atoms with Gasteiger partial charge in [-0.1, -0.05) is 18.2 Å². The summed E-state index contributed by atoms with van der Waals surface area (Å²) in [6.07, 6.45) is 3.51. The monoisotopic (exact) mass is 377 g/mol. The summed E-state index contributed by atoms with van der Waals surface area (Å²) in [6.45, 7) is 5.52. The van der Waals surface area contributed by atoms with Gasteiger partial charge < -0.3 is 14.9 Å². The van der Waals surface area contributed by atoms with E-state index in [1.54, 1.807) is 12.1 Å². The Balaban J connectivity index is 1.54. The molecule has 1 aromatic carbocycles. The zero-order valence-corrected chi connectivity index (χ0v) is 16.3. The predicted octanol–water partition coefficient (Wildman–Crippen LogP) is 1.81. The van der Waals surface area contributed by atoms with E-state index in [1.165, 1.54) is 18.9 Å². The lowest BCUT2D eigenvalue weighted by molar-refractivity contribution is -0.135. The van der Waals surface area contributed by atoms with Crippen LogP contribution in [0.3, 0.4) is 0 Å². The van der Waals surface area contributed by atoms with E-state index < -0.39 is 0 Å². The number of carbonyl (C=O) groups is 1. The molecule has 27 heavy (non-hydrogen) atoms. The summed E-state index contributed by atoms with van der Waals surface area (Å²) >= 11 is 0. The number of aliphatic hydroxyl groups is 1. The van der Waals surface area contributed by atoms with Gasteiger partial charge in [0, 0.05) is 38.3 Å². The summed E-state index contributed by atoms with van der Waals surface area (Å²) in [5, 5.41) is 9.67. The molecule has 6 heteroatoms. The summed E-state index contributed by atoms with van der Waals surface area (Å²) in [5.41, 5.74) is 0.603. The van der Waals surface area contributed by atoms with E-state index in [2.05, 4.69) is 4.90 Å². The normalized spacial score (nSPS) is 23.9. The zero-order chi connectivity index (χ0) is 19.2. The van der Waals surface area contributed by atoms with Crippen molar-refractivity contribution in [1.82, 2.24) is 14.7 Å². The van der Waals surface area contributed by atoms with Crippen molar-refractivity contribution in [3.63, 3.8) is 0 Å². The maximum Gasteiger partial charge on any atom is 0.236 e. The Hall–Kier alpha value is -1.50. The summed E-state index contributed by atoms with van der Waals surface area (Å²) in [5.74, 6) is 0.418. The number of aliphatic hydroxyl groups excluding tert-OH is 1. The van der Waals surface area contributed by atoms with Crippen LogP contribution in [0.1, 0.15) is 24.8 Å². The molecule has 2 aliphatic heterocycles. The minimum atomic E-state index is -0.235. The summed E-state index contributed by atoms with van der Waals surface area (Å²) in [4.78, 5) is 19.1. The number of hydrogen-bond acceptors (Lipinski definition) is 4. The molecule has 1 N–H and O–H groups in total. The van der Waals surface area contributed by atoms with Crippen molar-refractivity contribution >= 4 is 5.91 Å². The zero-order valence-electron chi connectivity index (χ0n) is 16.3. The molecule has 2 atom stereocenters. The van der Waals surface area contributed by atoms with Gasteiger partial charge in [0.1, 0.15) is 5.82 Å². The fourth-order valence-corrected chi connectivity index (χ4v) is 4.42. The average Bonchev–Trinajstić information content (AvgIpc) is 3.16. The SMILES string of the molecule is CN(CC(=O)N1C[C@H](CO)C[C@H](CN2CCCC2)C1)Cc1ccccc1F. The molecule has 0 unspecified atom stereocenters. The standard InChI is InChI=1S/C21H32FN3O2/c1-23(14-19-6-2-3-7-20(19)22)15-21(27)25-12-17(10-18(13-25)16-26)11-24-8-4-5-9-24/h2-3,6-7,17-18,26H,4-5,8-16H2,1H3/t17-,18-/m1/s1. The van der Waals surface area contributed by atoms with Crippen LogP contribution in [0.2, 0.25) is 0 Å². The molecule has 0 aromatic heterocycles. The van der Waals surface area contributed by atoms with Crippen LogP contribution in [0.25, 0.3) is 0 Å². The second-order valence-corrected chi connectivity index (χ2v) is 8.22. The molecular formula is C21H32FN3O2. The first-order valence-electron chi connectivity index (χ1n) is 10.1. The minimum Gasteiger partial charge on any atom is -0.396 e. The second-order valence-electron chi connectivity index (χ2n) is 8.22. The Morgan fingerprint density at radius 1 is 1.22 bits per heavy atom. The van der Waals surface area contributed by atoms with Crippen molar-refractivity contribution in [2.75, 3.05) is 52.9 Å². The second kappa shape index (κ2) is 9.62. The lowest BCUT2D eigenvalue weighted by atomic mass is 9.89. The van der Waals surface area contributed by atoms with Gasteiger partial charge in [-0.05, 0) is 57.3 Å². The van der Waals surface area contributed by atoms with Gasteiger partial charge >= 0.3 is 0 Å². The maximum absolute atomic E-state index is 13.8. The van der Waals surface area contributed by atoms with Crippen molar-refractivity contribution in [3.8, 4) is 0 Å². The fraction of sp³-hybridized carbons (Fsp3) is 0.667. The largest absolute Gasteiger partial charge is 0.396 e. The van der Waals surface area contributed by atoms with Crippen molar-refractivity contribution in [1.29, 1.82) is 0 Å². The third-order valence-electron chi connectivity index (χ3n) is 5.75. The van der Waals surface area contributed by atoms with Crippen molar-refractivity contribution in [2.24, 2.45) is 11.8 Å². The Bertz CT molecular complexity index is 621. The van der Waals surface area contributed by atoms with Gasteiger partial charge in [0.05, 0.1) is 6.54 Å². The van der Waals surface area contributed by atoms with Gasteiger partial charge in [0.25, 0.3) is 0 Å². The molecule has 0 aliphatic carbocycles. The van der Waals surface area contributed by atoms with E-state index in [4.69, 9.17) is 0 Å². The highest BCUT2D eigenvalue weighted by Crippen LogP contribution is 2.24. The number of halogens is 1. The first kappa shape index (κ1) is 20.2. The van der Waals surface area contributed by atoms with E-state index in [0.717, 1.165) is 32.6 Å². The first-order chi connectivity index (χ1) is 13.0. The molecule has 0 spiro atoms. The highest BCUT2D eigenvalue weighted by Gasteiger charge is 2.31. The highest BCUT2D eigenvalue weighted by molar-refractivity contribution is 5.78. The highest BCUT2D eigenvalue weighted by atomic mass is 19.1. The molecule has 2 heterocycles. The molecule has 0 saturated carbocycles. The van der Waals surface area contributed by atoms with Gasteiger partial charge in [-0.3, -0.25) is 9.69 Å². The molecule has 2 saturated heterocycles. The summed E-state index contributed by atoms with van der Waals surface area (Å²) < 4.78 is 13.8. The number of carbonyl (C=O) groups excluding carboxylic acids is 1. The van der Waals surface area contributed by atoms with Crippen LogP contribution < -0.4 is 0 Å². The molecular weight excluding hydrogens is 345 g/mol. The maximum atomic E-state index is 13.8. The third kappa shape index (κ3) is 5.74. The Kier molecular flexibility index (Phi) is 7.21. The topological polar surface area (TPSA) is 47.0 Å². The number of amides is 1. The van der Waals surface area contributed by atoms with Crippen LogP contribution in [0.5, 0.6) is 0 Å². The fourth-order valence-electron chi connectivity index (χ4n) is 4.42. The number of benzene rings is 1. The van der Waals surface area contributed by atoms with E-state index in [1.807, 2.05) is 22.9 Å². The van der Waals surface area contributed by atoms with E-state index in [9.17, 15) is 14.3 Å². The summed E-state index contributed by atoms with van der Waals surface area (Å²) in [6, 6.07) is 6.69. The van der Waals surface area contributed by atoms with Gasteiger partial charge in [-0.15, -0.1) is 0 Å². The van der Waals surface area contributed by atoms with E-state index in [0.29, 0.717) is 24.6 Å². The molecule has 1 amide bonds. The van der Waals surface area contributed by atoms with Gasteiger partial charge in [0.2, 0.25) is 5.91 Å². The number of likely N-dealkylation sites (N-methyl/N-ethyl adjacent to an activating group) is 1. The smallest absolute Gasteiger partial charge is 0.236 e. The average molecular weight is 378 g/mol. The molecule has 0 bridgehead atoms. The lowest BCUT2D eigenvalue weighted by Crippen LogP contribution is -2.50. The molecule has 3 rings (SSSR count). The molecule has 5 nitrogen and oxygen atoms in total. The first-order valence-corrected chi connectivity index (χ1v) is 10.1. The number of nitrogens with zero attached hydrogens (tertiary/aromatic N) is 3. The molecule has 2 fully saturated rings. The molecule has 150 valence electrons. The van der Waals surface area contributed by atoms with E-state index in [-0.39, 0.29) is 30.8 Å². The van der Waals surface area contributed by atoms with Gasteiger partial charge in [-0.25, -0.2) is 4.39 Å². The number of piperidine rings is 1. The lowest BCUT2D eigenvalue weighted by Gasteiger charge is -2.39. The van der Waals surface area contributed by atoms with Crippen LogP contribution in [-0.4, -0.2) is 78.6 Å². The van der Waals surface area contributed by atoms with Gasteiger partial charge in [0.15, 0.2) is 0 Å². The quantitative estimate of drug-likeness (QED) is 0.787. The Labute approximate surface area is 161 Å². The van der Waals surface area contributed by atoms with Crippen molar-refractivity contribution < 1.29 is 14.3 Å². The van der Waals surface area contributed by atoms with Crippen LogP contribution in [0.4, 0.5) is 4.39 Å². The Morgan fingerprint density at radius 3 is 2.63 bits per heavy atom. The van der Waals surface area contributed by atoms with Crippen LogP contribution in [0.15, 0.2) is 24.3 Å². The van der Waals surface area contributed by atoms with Crippen LogP contribution >= 0.6 is 0 Å². The minimum absolute atomic E-state index is 0.0680. The third-order valence-corrected chi connectivity index (χ3v) is 5.75. The molecule has 0 radical (unpaired) electrons. The number of rotatable bonds is 7. The number of hydrogen-bond donors (Lipinski definition) is 1. The molecule has 2 aliphatic rings. The van der Waals surface area contributed by atoms with Crippen molar-refractivity contribution in [3.05, 3.63) is 35.6 Å². The number of likely N-dealkylation sites (tertiary alicyclic amines) is 2. The molecule has 1 aromatic rings. The van der Waals surface area contributed by atoms with E-state index >= 15 is 0 Å². The Morgan fingerprint density at radius 2 is 1.93 bits per heavy atom. The van der Waals surface area contributed by atoms with Gasteiger partial charge in [-0.2, -0.15) is 0 Å². The van der Waals surface area contributed by atoms with Crippen LogP contribution in [-0.2, 0) is 11.3 Å². The van der Waals surface area contributed by atoms with Crippen LogP contribution in [0, 0.1) is 17.7 Å². The van der Waals surface area contributed by atoms with Crippen molar-refractivity contribution in [2.45, 2.75) is 25.8 Å². The predicted molar refractivity (Wildman–Crippen MR) is 104 cm³/mol. The summed E-state index contributed by atoms with van der Waals surface area (Å²) in [7, 11) is 1.85.